The summed E-state index contributed by atoms with van der Waals surface area (Å²) in [6, 6.07) is 4.25. The van der Waals surface area contributed by atoms with Crippen LogP contribution in [0.25, 0.3) is 0 Å². The van der Waals surface area contributed by atoms with Crippen molar-refractivity contribution in [3.63, 3.8) is 0 Å². The number of aryl methyl sites for hydroxylation is 2. The van der Waals surface area contributed by atoms with Gasteiger partial charge in [0.2, 0.25) is 0 Å². The van der Waals surface area contributed by atoms with E-state index in [-0.39, 0.29) is 5.41 Å². The van der Waals surface area contributed by atoms with Crippen molar-refractivity contribution in [1.29, 1.82) is 0 Å². The largest absolute Gasteiger partial charge is 0.508 e. The summed E-state index contributed by atoms with van der Waals surface area (Å²) in [7, 11) is 0. The van der Waals surface area contributed by atoms with E-state index in [0.29, 0.717) is 12.3 Å². The summed E-state index contributed by atoms with van der Waals surface area (Å²) >= 11 is 0. The highest BCUT2D eigenvalue weighted by Crippen LogP contribution is 2.51. The number of rotatable bonds is 2. The third kappa shape index (κ3) is 1.85. The monoisotopic (exact) mass is 231 g/mol. The number of nitrogens with two attached hydrogens (primary N) is 1. The van der Waals surface area contributed by atoms with Gasteiger partial charge in [0.25, 0.3) is 0 Å². The highest BCUT2D eigenvalue weighted by atomic mass is 16.3. The maximum Gasteiger partial charge on any atom is 0.119 e. The van der Waals surface area contributed by atoms with E-state index in [1.54, 1.807) is 0 Å². The summed E-state index contributed by atoms with van der Waals surface area (Å²) < 4.78 is 0. The van der Waals surface area contributed by atoms with Gasteiger partial charge in [-0.25, -0.2) is 0 Å². The molecule has 0 saturated heterocycles. The van der Waals surface area contributed by atoms with Crippen molar-refractivity contribution in [2.45, 2.75) is 50.4 Å². The topological polar surface area (TPSA) is 46.2 Å². The van der Waals surface area contributed by atoms with Gasteiger partial charge in [-0.15, -0.1) is 0 Å². The van der Waals surface area contributed by atoms with Crippen LogP contribution in [0, 0.1) is 0 Å². The van der Waals surface area contributed by atoms with Crippen LogP contribution in [-0.2, 0) is 18.3 Å². The lowest BCUT2D eigenvalue weighted by Crippen LogP contribution is -2.20. The zero-order chi connectivity index (χ0) is 11.9. The van der Waals surface area contributed by atoms with Gasteiger partial charge in [-0.2, -0.15) is 0 Å². The Morgan fingerprint density at radius 3 is 2.29 bits per heavy atom. The second kappa shape index (κ2) is 4.02. The van der Waals surface area contributed by atoms with Crippen molar-refractivity contribution in [3.05, 3.63) is 28.8 Å². The first-order chi connectivity index (χ1) is 8.25. The lowest BCUT2D eigenvalue weighted by atomic mass is 9.90. The van der Waals surface area contributed by atoms with E-state index in [1.165, 1.54) is 36.8 Å². The summed E-state index contributed by atoms with van der Waals surface area (Å²) in [6.45, 7) is 0.666. The molecular formula is C15H21NO. The fourth-order valence-corrected chi connectivity index (χ4v) is 3.11. The van der Waals surface area contributed by atoms with E-state index in [2.05, 4.69) is 6.07 Å². The summed E-state index contributed by atoms with van der Waals surface area (Å²) in [5.41, 5.74) is 9.89. The minimum atomic E-state index is 0.103. The second-order valence-electron chi connectivity index (χ2n) is 5.68. The van der Waals surface area contributed by atoms with Crippen molar-refractivity contribution >= 4 is 0 Å². The van der Waals surface area contributed by atoms with Crippen LogP contribution in [0.3, 0.4) is 0 Å². The molecule has 1 aromatic carbocycles. The predicted molar refractivity (Wildman–Crippen MR) is 69.3 cm³/mol. The van der Waals surface area contributed by atoms with Crippen LogP contribution in [0.15, 0.2) is 12.1 Å². The van der Waals surface area contributed by atoms with Crippen molar-refractivity contribution in [1.82, 2.24) is 0 Å². The van der Waals surface area contributed by atoms with Gasteiger partial charge in [-0.3, -0.25) is 0 Å². The molecule has 0 aliphatic heterocycles. The smallest absolute Gasteiger partial charge is 0.119 e. The van der Waals surface area contributed by atoms with Crippen molar-refractivity contribution in [2.75, 3.05) is 6.54 Å². The van der Waals surface area contributed by atoms with Crippen molar-refractivity contribution in [2.24, 2.45) is 5.73 Å². The van der Waals surface area contributed by atoms with Crippen LogP contribution in [0.4, 0.5) is 0 Å². The third-order valence-electron chi connectivity index (χ3n) is 4.53. The molecule has 3 rings (SSSR count). The van der Waals surface area contributed by atoms with Crippen LogP contribution in [0.5, 0.6) is 5.75 Å². The third-order valence-corrected chi connectivity index (χ3v) is 4.53. The van der Waals surface area contributed by atoms with Gasteiger partial charge in [0.05, 0.1) is 0 Å². The summed E-state index contributed by atoms with van der Waals surface area (Å²) in [6.07, 6.45) is 8.42. The standard InChI is InChI=1S/C15H21NO/c16-10-15(6-7-15)13-8-11-4-2-1-3-5-12(11)9-14(13)17/h8-9,17H,1-7,10,16H2. The molecule has 92 valence electrons. The summed E-state index contributed by atoms with van der Waals surface area (Å²) in [4.78, 5) is 0. The molecule has 0 spiro atoms. The zero-order valence-electron chi connectivity index (χ0n) is 10.3. The highest BCUT2D eigenvalue weighted by molar-refractivity contribution is 5.49. The van der Waals surface area contributed by atoms with Gasteiger partial charge in [0, 0.05) is 17.5 Å². The van der Waals surface area contributed by atoms with Crippen LogP contribution in [0.2, 0.25) is 0 Å². The molecule has 0 heterocycles. The van der Waals surface area contributed by atoms with Gasteiger partial charge in [0.15, 0.2) is 0 Å². The van der Waals surface area contributed by atoms with Gasteiger partial charge in [-0.1, -0.05) is 12.5 Å². The molecule has 2 aliphatic carbocycles. The minimum absolute atomic E-state index is 0.103. The number of hydrogen-bond acceptors (Lipinski definition) is 2. The Bertz CT molecular complexity index is 435. The predicted octanol–water partition coefficient (Wildman–Crippen LogP) is 2.65. The van der Waals surface area contributed by atoms with Crippen LogP contribution in [-0.4, -0.2) is 11.7 Å². The molecule has 0 radical (unpaired) electrons. The normalized spacial score (nSPS) is 21.7. The molecule has 1 saturated carbocycles. The Kier molecular flexibility index (Phi) is 2.62. The quantitative estimate of drug-likeness (QED) is 0.769. The molecule has 1 aromatic rings. The van der Waals surface area contributed by atoms with E-state index < -0.39 is 0 Å². The van der Waals surface area contributed by atoms with E-state index in [9.17, 15) is 5.11 Å². The number of phenols is 1. The van der Waals surface area contributed by atoms with Crippen molar-refractivity contribution in [3.8, 4) is 5.75 Å². The lowest BCUT2D eigenvalue weighted by molar-refractivity contribution is 0.458. The first-order valence-corrected chi connectivity index (χ1v) is 6.80. The van der Waals surface area contributed by atoms with E-state index in [0.717, 1.165) is 24.8 Å². The number of hydrogen-bond donors (Lipinski definition) is 2. The van der Waals surface area contributed by atoms with Crippen molar-refractivity contribution < 1.29 is 5.11 Å². The fraction of sp³-hybridized carbons (Fsp3) is 0.600. The first kappa shape index (κ1) is 11.1. The maximum absolute atomic E-state index is 10.2. The highest BCUT2D eigenvalue weighted by Gasteiger charge is 2.44. The summed E-state index contributed by atoms with van der Waals surface area (Å²) in [5.74, 6) is 0.480. The molecule has 1 fully saturated rings. The maximum atomic E-state index is 10.2. The Labute approximate surface area is 103 Å². The summed E-state index contributed by atoms with van der Waals surface area (Å²) in [5, 5.41) is 10.2. The fourth-order valence-electron chi connectivity index (χ4n) is 3.11. The average Bonchev–Trinajstić information content (AvgIpc) is 3.12. The molecule has 0 aromatic heterocycles. The molecule has 2 heteroatoms. The number of aromatic hydroxyl groups is 1. The van der Waals surface area contributed by atoms with E-state index in [4.69, 9.17) is 5.73 Å². The Morgan fingerprint density at radius 2 is 1.71 bits per heavy atom. The molecule has 0 amide bonds. The zero-order valence-corrected chi connectivity index (χ0v) is 10.3. The van der Waals surface area contributed by atoms with Gasteiger partial charge in [-0.05, 0) is 55.7 Å². The Balaban J connectivity index is 2.03. The average molecular weight is 231 g/mol. The molecule has 0 bridgehead atoms. The molecule has 3 N–H and O–H groups in total. The lowest BCUT2D eigenvalue weighted by Gasteiger charge is -2.18. The first-order valence-electron chi connectivity index (χ1n) is 6.80. The molecular weight excluding hydrogens is 210 g/mol. The van der Waals surface area contributed by atoms with Gasteiger partial charge >= 0.3 is 0 Å². The number of benzene rings is 1. The van der Waals surface area contributed by atoms with Gasteiger partial charge in [0.1, 0.15) is 5.75 Å². The minimum Gasteiger partial charge on any atom is -0.508 e. The molecule has 2 aliphatic rings. The Morgan fingerprint density at radius 1 is 1.06 bits per heavy atom. The number of phenolic OH excluding ortho intramolecular Hbond substituents is 1. The molecule has 0 atom stereocenters. The van der Waals surface area contributed by atoms with Crippen LogP contribution in [0.1, 0.15) is 48.8 Å². The molecule has 17 heavy (non-hydrogen) atoms. The molecule has 2 nitrogen and oxygen atoms in total. The van der Waals surface area contributed by atoms with Crippen LogP contribution >= 0.6 is 0 Å². The molecule has 0 unspecified atom stereocenters. The Hall–Kier alpha value is -1.02. The number of fused-ring (bicyclic) bond motifs is 1. The van der Waals surface area contributed by atoms with E-state index >= 15 is 0 Å². The SMILES string of the molecule is NCC1(c2cc3c(cc2O)CCCCC3)CC1. The second-order valence-corrected chi connectivity index (χ2v) is 5.68. The van der Waals surface area contributed by atoms with E-state index in [1.807, 2.05) is 6.07 Å². The van der Waals surface area contributed by atoms with Crippen LogP contribution < -0.4 is 5.73 Å². The van der Waals surface area contributed by atoms with Gasteiger partial charge < -0.3 is 10.8 Å².